The van der Waals surface area contributed by atoms with Gasteiger partial charge in [-0.1, -0.05) is 17.7 Å². The van der Waals surface area contributed by atoms with Crippen LogP contribution in [-0.2, 0) is 0 Å². The molecule has 2 heterocycles. The van der Waals surface area contributed by atoms with Crippen molar-refractivity contribution in [2.45, 2.75) is 19.9 Å². The molecule has 1 unspecified atom stereocenters. The van der Waals surface area contributed by atoms with Crippen molar-refractivity contribution >= 4 is 39.9 Å². The van der Waals surface area contributed by atoms with Gasteiger partial charge in [-0.15, -0.1) is 11.3 Å². The van der Waals surface area contributed by atoms with Crippen molar-refractivity contribution in [2.75, 3.05) is 5.73 Å². The number of aromatic nitrogens is 3. The van der Waals surface area contributed by atoms with Crippen molar-refractivity contribution in [2.24, 2.45) is 0 Å². The molecule has 0 saturated heterocycles. The maximum Gasteiger partial charge on any atom is 0.201 e. The Kier molecular flexibility index (Phi) is 2.95. The highest BCUT2D eigenvalue weighted by Gasteiger charge is 2.19. The predicted molar refractivity (Wildman–Crippen MR) is 79.8 cm³/mol. The molecule has 3 rings (SSSR count). The fraction of sp³-hybridized carbons (Fsp3) is 0.231. The van der Waals surface area contributed by atoms with E-state index in [1.165, 1.54) is 4.88 Å². The fourth-order valence-electron chi connectivity index (χ4n) is 2.19. The molecule has 0 aliphatic rings. The third kappa shape index (κ3) is 1.99. The Hall–Kier alpha value is -1.59. The summed E-state index contributed by atoms with van der Waals surface area (Å²) in [5, 5.41) is 1.66. The van der Waals surface area contributed by atoms with Gasteiger partial charge in [0.2, 0.25) is 5.95 Å². The summed E-state index contributed by atoms with van der Waals surface area (Å²) in [5.74, 6) is 0.462. The van der Waals surface area contributed by atoms with Gasteiger partial charge in [-0.05, 0) is 26.0 Å². The molecule has 0 saturated carbocycles. The van der Waals surface area contributed by atoms with E-state index in [1.807, 2.05) is 35.9 Å². The van der Waals surface area contributed by atoms with Crippen LogP contribution < -0.4 is 5.73 Å². The van der Waals surface area contributed by atoms with Crippen LogP contribution in [0.15, 0.2) is 24.4 Å². The van der Waals surface area contributed by atoms with Gasteiger partial charge in [-0.2, -0.15) is 0 Å². The first-order chi connectivity index (χ1) is 9.08. The molecule has 0 aliphatic carbocycles. The number of nitrogen functional groups attached to an aromatic ring is 1. The predicted octanol–water partition coefficient (Wildman–Crippen LogP) is 3.65. The standard InChI is InChI=1S/C13H13ClN4S/c1-7-6-16-12(19-7)8(2)18-11-9(14)4-3-5-10(11)17-13(18)15/h3-6,8H,1-2H3,(H2,15,17). The van der Waals surface area contributed by atoms with Crippen LogP contribution in [0.3, 0.4) is 0 Å². The van der Waals surface area contributed by atoms with Crippen LogP contribution in [0.1, 0.15) is 22.9 Å². The van der Waals surface area contributed by atoms with E-state index >= 15 is 0 Å². The van der Waals surface area contributed by atoms with Crippen LogP contribution >= 0.6 is 22.9 Å². The topological polar surface area (TPSA) is 56.7 Å². The molecule has 0 fully saturated rings. The molecular weight excluding hydrogens is 280 g/mol. The lowest BCUT2D eigenvalue weighted by Crippen LogP contribution is -2.10. The molecule has 19 heavy (non-hydrogen) atoms. The van der Waals surface area contributed by atoms with Gasteiger partial charge in [0, 0.05) is 11.1 Å². The average molecular weight is 293 g/mol. The minimum absolute atomic E-state index is 0.0172. The number of rotatable bonds is 2. The lowest BCUT2D eigenvalue weighted by molar-refractivity contribution is 0.662. The number of fused-ring (bicyclic) bond motifs is 1. The number of anilines is 1. The van der Waals surface area contributed by atoms with Gasteiger partial charge in [-0.3, -0.25) is 4.57 Å². The van der Waals surface area contributed by atoms with Crippen molar-refractivity contribution in [3.05, 3.63) is 39.3 Å². The van der Waals surface area contributed by atoms with Crippen molar-refractivity contribution in [3.63, 3.8) is 0 Å². The molecular formula is C13H13ClN4S. The second-order valence-electron chi connectivity index (χ2n) is 4.43. The van der Waals surface area contributed by atoms with E-state index in [-0.39, 0.29) is 6.04 Å². The van der Waals surface area contributed by atoms with E-state index in [0.717, 1.165) is 16.0 Å². The van der Waals surface area contributed by atoms with Gasteiger partial charge in [0.15, 0.2) is 0 Å². The molecule has 6 heteroatoms. The Balaban J connectivity index is 2.22. The zero-order valence-corrected chi connectivity index (χ0v) is 12.2. The van der Waals surface area contributed by atoms with E-state index in [4.69, 9.17) is 17.3 Å². The number of para-hydroxylation sites is 1. The second kappa shape index (κ2) is 4.51. The molecule has 0 aliphatic heterocycles. The van der Waals surface area contributed by atoms with Crippen molar-refractivity contribution < 1.29 is 0 Å². The van der Waals surface area contributed by atoms with Crippen LogP contribution in [0.5, 0.6) is 0 Å². The normalized spacial score (nSPS) is 13.0. The fourth-order valence-corrected chi connectivity index (χ4v) is 3.27. The van der Waals surface area contributed by atoms with Crippen LogP contribution in [-0.4, -0.2) is 14.5 Å². The molecule has 2 N–H and O–H groups in total. The zero-order chi connectivity index (χ0) is 13.6. The van der Waals surface area contributed by atoms with Crippen LogP contribution in [0, 0.1) is 6.92 Å². The zero-order valence-electron chi connectivity index (χ0n) is 10.6. The molecule has 0 bridgehead atoms. The van der Waals surface area contributed by atoms with Gasteiger partial charge < -0.3 is 5.73 Å². The van der Waals surface area contributed by atoms with Crippen LogP contribution in [0.25, 0.3) is 11.0 Å². The highest BCUT2D eigenvalue weighted by Crippen LogP contribution is 2.32. The van der Waals surface area contributed by atoms with E-state index in [1.54, 1.807) is 11.3 Å². The summed E-state index contributed by atoms with van der Waals surface area (Å²) in [6.45, 7) is 4.09. The first-order valence-corrected chi connectivity index (χ1v) is 7.11. The Morgan fingerprint density at radius 1 is 1.42 bits per heavy atom. The number of nitrogens with two attached hydrogens (primary N) is 1. The minimum atomic E-state index is 0.0172. The largest absolute Gasteiger partial charge is 0.369 e. The lowest BCUT2D eigenvalue weighted by Gasteiger charge is -2.14. The number of imidazole rings is 1. The highest BCUT2D eigenvalue weighted by atomic mass is 35.5. The third-order valence-corrected chi connectivity index (χ3v) is 4.46. The highest BCUT2D eigenvalue weighted by molar-refractivity contribution is 7.11. The van der Waals surface area contributed by atoms with E-state index in [9.17, 15) is 0 Å². The van der Waals surface area contributed by atoms with Gasteiger partial charge in [-0.25, -0.2) is 9.97 Å². The van der Waals surface area contributed by atoms with Gasteiger partial charge in [0.05, 0.1) is 22.1 Å². The van der Waals surface area contributed by atoms with Crippen LogP contribution in [0.4, 0.5) is 5.95 Å². The Morgan fingerprint density at radius 2 is 2.21 bits per heavy atom. The van der Waals surface area contributed by atoms with E-state index < -0.39 is 0 Å². The maximum absolute atomic E-state index is 6.28. The van der Waals surface area contributed by atoms with Crippen molar-refractivity contribution in [1.29, 1.82) is 0 Å². The molecule has 0 amide bonds. The quantitative estimate of drug-likeness (QED) is 0.784. The average Bonchev–Trinajstić information content (AvgIpc) is 2.92. The maximum atomic E-state index is 6.28. The lowest BCUT2D eigenvalue weighted by atomic mass is 10.3. The summed E-state index contributed by atoms with van der Waals surface area (Å²) in [6.07, 6.45) is 1.87. The summed E-state index contributed by atoms with van der Waals surface area (Å²) < 4.78 is 1.94. The van der Waals surface area contributed by atoms with Gasteiger partial charge in [0.1, 0.15) is 5.01 Å². The molecule has 0 radical (unpaired) electrons. The molecule has 1 atom stereocenters. The number of benzene rings is 1. The molecule has 1 aromatic carbocycles. The number of hydrogen-bond donors (Lipinski definition) is 1. The number of aryl methyl sites for hydroxylation is 1. The van der Waals surface area contributed by atoms with Gasteiger partial charge in [0.25, 0.3) is 0 Å². The minimum Gasteiger partial charge on any atom is -0.369 e. The summed E-state index contributed by atoms with van der Waals surface area (Å²) in [7, 11) is 0. The van der Waals surface area contributed by atoms with Crippen molar-refractivity contribution in [3.8, 4) is 0 Å². The third-order valence-electron chi connectivity index (χ3n) is 3.07. The molecule has 2 aromatic heterocycles. The van der Waals surface area contributed by atoms with Crippen molar-refractivity contribution in [1.82, 2.24) is 14.5 Å². The number of nitrogens with zero attached hydrogens (tertiary/aromatic N) is 3. The first-order valence-electron chi connectivity index (χ1n) is 5.92. The monoisotopic (exact) mass is 292 g/mol. The summed E-state index contributed by atoms with van der Waals surface area (Å²) in [5.41, 5.74) is 7.71. The molecule has 0 spiro atoms. The van der Waals surface area contributed by atoms with Gasteiger partial charge >= 0.3 is 0 Å². The molecule has 3 aromatic rings. The smallest absolute Gasteiger partial charge is 0.201 e. The first kappa shape index (κ1) is 12.4. The van der Waals surface area contributed by atoms with Crippen LogP contribution in [0.2, 0.25) is 5.02 Å². The van der Waals surface area contributed by atoms with E-state index in [0.29, 0.717) is 11.0 Å². The number of thiazole rings is 1. The number of halogens is 1. The Labute approximate surface area is 119 Å². The number of hydrogen-bond acceptors (Lipinski definition) is 4. The molecule has 4 nitrogen and oxygen atoms in total. The molecule has 98 valence electrons. The SMILES string of the molecule is Cc1cnc(C(C)n2c(N)nc3cccc(Cl)c32)s1. The Morgan fingerprint density at radius 3 is 2.89 bits per heavy atom. The van der Waals surface area contributed by atoms with E-state index in [2.05, 4.69) is 16.9 Å². The second-order valence-corrected chi connectivity index (χ2v) is 6.11. The summed E-state index contributed by atoms with van der Waals surface area (Å²) in [6, 6.07) is 5.65. The summed E-state index contributed by atoms with van der Waals surface area (Å²) >= 11 is 7.94. The summed E-state index contributed by atoms with van der Waals surface area (Å²) in [4.78, 5) is 9.96. The Bertz CT molecular complexity index is 746.